The van der Waals surface area contributed by atoms with Crippen LogP contribution in [0.25, 0.3) is 11.6 Å². The first-order chi connectivity index (χ1) is 11.7. The van der Waals surface area contributed by atoms with Gasteiger partial charge in [-0.1, -0.05) is 0 Å². The summed E-state index contributed by atoms with van der Waals surface area (Å²) in [5, 5.41) is 4.63. The lowest BCUT2D eigenvalue weighted by Crippen LogP contribution is -2.22. The molecule has 24 heavy (non-hydrogen) atoms. The molecule has 1 aliphatic rings. The predicted molar refractivity (Wildman–Crippen MR) is 90.4 cm³/mol. The maximum absolute atomic E-state index is 5.32. The van der Waals surface area contributed by atoms with Crippen LogP contribution >= 0.6 is 0 Å². The van der Waals surface area contributed by atoms with Crippen LogP contribution in [0, 0.1) is 13.8 Å². The monoisotopic (exact) mass is 323 g/mol. The maximum Gasteiger partial charge on any atom is 0.195 e. The Morgan fingerprint density at radius 3 is 2.75 bits per heavy atom. The molecule has 4 heterocycles. The molecule has 0 aromatic carbocycles. The molecule has 1 saturated heterocycles. The molecule has 4 rings (SSSR count). The van der Waals surface area contributed by atoms with E-state index in [2.05, 4.69) is 37.6 Å². The molecule has 3 aromatic heterocycles. The van der Waals surface area contributed by atoms with Crippen LogP contribution in [0.3, 0.4) is 0 Å². The SMILES string of the molecule is Cc1cc(C)n([C@@H]2CCN(Cc3cnc(-c4ccco4)nc3)C2)n1. The van der Waals surface area contributed by atoms with Gasteiger partial charge in [0.15, 0.2) is 11.6 Å². The molecule has 0 saturated carbocycles. The zero-order chi connectivity index (χ0) is 16.5. The van der Waals surface area contributed by atoms with Crippen molar-refractivity contribution >= 4 is 0 Å². The third-order valence-corrected chi connectivity index (χ3v) is 4.49. The van der Waals surface area contributed by atoms with Gasteiger partial charge >= 0.3 is 0 Å². The number of aryl methyl sites for hydroxylation is 2. The normalized spacial score (nSPS) is 18.3. The molecule has 0 bridgehead atoms. The van der Waals surface area contributed by atoms with E-state index in [1.165, 1.54) is 5.69 Å². The average Bonchev–Trinajstić information content (AvgIpc) is 3.30. The molecule has 3 aromatic rings. The second-order valence-electron chi connectivity index (χ2n) is 6.44. The first-order valence-electron chi connectivity index (χ1n) is 8.29. The Labute approximate surface area is 141 Å². The van der Waals surface area contributed by atoms with Gasteiger partial charge in [-0.05, 0) is 38.5 Å². The van der Waals surface area contributed by atoms with Gasteiger partial charge in [-0.3, -0.25) is 9.58 Å². The van der Waals surface area contributed by atoms with Crippen molar-refractivity contribution in [3.63, 3.8) is 0 Å². The highest BCUT2D eigenvalue weighted by molar-refractivity contribution is 5.45. The maximum atomic E-state index is 5.32. The lowest BCUT2D eigenvalue weighted by molar-refractivity contribution is 0.310. The standard InChI is InChI=1S/C18H21N5O/c1-13-8-14(2)23(21-13)16-5-6-22(12-16)11-15-9-19-18(20-10-15)17-4-3-7-24-17/h3-4,7-10,16H,5-6,11-12H2,1-2H3/t16-/m1/s1. The summed E-state index contributed by atoms with van der Waals surface area (Å²) in [5.74, 6) is 1.33. The van der Waals surface area contributed by atoms with Gasteiger partial charge in [0.1, 0.15) is 0 Å². The van der Waals surface area contributed by atoms with Gasteiger partial charge in [-0.15, -0.1) is 0 Å². The molecule has 0 aliphatic carbocycles. The third-order valence-electron chi connectivity index (χ3n) is 4.49. The highest BCUT2D eigenvalue weighted by atomic mass is 16.3. The van der Waals surface area contributed by atoms with Crippen LogP contribution in [0.1, 0.15) is 29.4 Å². The molecular formula is C18H21N5O. The quantitative estimate of drug-likeness (QED) is 0.738. The predicted octanol–water partition coefficient (Wildman–Crippen LogP) is 3.00. The van der Waals surface area contributed by atoms with Crippen LogP contribution in [-0.4, -0.2) is 37.7 Å². The van der Waals surface area contributed by atoms with Gasteiger partial charge in [-0.25, -0.2) is 9.97 Å². The number of furan rings is 1. The van der Waals surface area contributed by atoms with E-state index in [9.17, 15) is 0 Å². The highest BCUT2D eigenvalue weighted by Crippen LogP contribution is 2.24. The van der Waals surface area contributed by atoms with Crippen LogP contribution < -0.4 is 0 Å². The second kappa shape index (κ2) is 6.20. The van der Waals surface area contributed by atoms with Crippen molar-refractivity contribution in [1.82, 2.24) is 24.6 Å². The average molecular weight is 323 g/mol. The number of nitrogens with zero attached hydrogens (tertiary/aromatic N) is 5. The number of rotatable bonds is 4. The largest absolute Gasteiger partial charge is 0.461 e. The summed E-state index contributed by atoms with van der Waals surface area (Å²) in [5.41, 5.74) is 3.46. The fraction of sp³-hybridized carbons (Fsp3) is 0.389. The van der Waals surface area contributed by atoms with Crippen molar-refractivity contribution in [2.75, 3.05) is 13.1 Å². The second-order valence-corrected chi connectivity index (χ2v) is 6.44. The number of hydrogen-bond acceptors (Lipinski definition) is 5. The molecule has 0 N–H and O–H groups in total. The first-order valence-corrected chi connectivity index (χ1v) is 8.29. The molecule has 1 aliphatic heterocycles. The summed E-state index contributed by atoms with van der Waals surface area (Å²) < 4.78 is 7.50. The zero-order valence-electron chi connectivity index (χ0n) is 14.0. The molecule has 6 heteroatoms. The van der Waals surface area contributed by atoms with Crippen molar-refractivity contribution in [1.29, 1.82) is 0 Å². The van der Waals surface area contributed by atoms with E-state index in [4.69, 9.17) is 4.42 Å². The van der Waals surface area contributed by atoms with Gasteiger partial charge in [0.25, 0.3) is 0 Å². The Hall–Kier alpha value is -2.47. The van der Waals surface area contributed by atoms with Crippen LogP contribution in [0.15, 0.2) is 41.3 Å². The Morgan fingerprint density at radius 1 is 1.25 bits per heavy atom. The summed E-state index contributed by atoms with van der Waals surface area (Å²) in [6.45, 7) is 7.14. The molecule has 0 radical (unpaired) electrons. The van der Waals surface area contributed by atoms with Gasteiger partial charge < -0.3 is 4.42 Å². The third kappa shape index (κ3) is 2.97. The number of aromatic nitrogens is 4. The van der Waals surface area contributed by atoms with Gasteiger partial charge in [0, 0.05) is 43.3 Å². The molecule has 1 fully saturated rings. The molecule has 1 atom stereocenters. The Bertz CT molecular complexity index is 807. The van der Waals surface area contributed by atoms with E-state index in [1.807, 2.05) is 31.5 Å². The van der Waals surface area contributed by atoms with Crippen molar-refractivity contribution < 1.29 is 4.42 Å². The van der Waals surface area contributed by atoms with E-state index < -0.39 is 0 Å². The van der Waals surface area contributed by atoms with Crippen LogP contribution in [-0.2, 0) is 6.54 Å². The molecule has 0 spiro atoms. The molecule has 6 nitrogen and oxygen atoms in total. The Balaban J connectivity index is 1.40. The van der Waals surface area contributed by atoms with Crippen molar-refractivity contribution in [3.05, 3.63) is 53.8 Å². The molecular weight excluding hydrogens is 302 g/mol. The van der Waals surface area contributed by atoms with E-state index in [0.29, 0.717) is 17.6 Å². The molecule has 124 valence electrons. The van der Waals surface area contributed by atoms with E-state index >= 15 is 0 Å². The van der Waals surface area contributed by atoms with Gasteiger partial charge in [0.05, 0.1) is 18.0 Å². The van der Waals surface area contributed by atoms with E-state index in [0.717, 1.165) is 37.3 Å². The summed E-state index contributed by atoms with van der Waals surface area (Å²) in [4.78, 5) is 11.3. The Morgan fingerprint density at radius 2 is 2.08 bits per heavy atom. The summed E-state index contributed by atoms with van der Waals surface area (Å²) >= 11 is 0. The lowest BCUT2D eigenvalue weighted by atomic mass is 10.2. The van der Waals surface area contributed by atoms with Crippen molar-refractivity contribution in [3.8, 4) is 11.6 Å². The van der Waals surface area contributed by atoms with Crippen molar-refractivity contribution in [2.45, 2.75) is 32.9 Å². The van der Waals surface area contributed by atoms with Crippen molar-refractivity contribution in [2.24, 2.45) is 0 Å². The minimum atomic E-state index is 0.460. The smallest absolute Gasteiger partial charge is 0.195 e. The highest BCUT2D eigenvalue weighted by Gasteiger charge is 2.25. The van der Waals surface area contributed by atoms with Gasteiger partial charge in [-0.2, -0.15) is 5.10 Å². The van der Waals surface area contributed by atoms with E-state index in [-0.39, 0.29) is 0 Å². The topological polar surface area (TPSA) is 60.0 Å². The Kier molecular flexibility index (Phi) is 3.90. The summed E-state index contributed by atoms with van der Waals surface area (Å²) in [6.07, 6.45) is 6.55. The first kappa shape index (κ1) is 15.1. The van der Waals surface area contributed by atoms with Gasteiger partial charge in [0.2, 0.25) is 0 Å². The zero-order valence-corrected chi connectivity index (χ0v) is 14.0. The fourth-order valence-electron chi connectivity index (χ4n) is 3.40. The van der Waals surface area contributed by atoms with Crippen LogP contribution in [0.4, 0.5) is 0 Å². The molecule has 0 unspecified atom stereocenters. The van der Waals surface area contributed by atoms with E-state index in [1.54, 1.807) is 6.26 Å². The molecule has 0 amide bonds. The number of hydrogen-bond donors (Lipinski definition) is 0. The summed E-state index contributed by atoms with van der Waals surface area (Å²) in [6, 6.07) is 6.32. The van der Waals surface area contributed by atoms with Crippen LogP contribution in [0.5, 0.6) is 0 Å². The fourth-order valence-corrected chi connectivity index (χ4v) is 3.40. The summed E-state index contributed by atoms with van der Waals surface area (Å²) in [7, 11) is 0. The number of likely N-dealkylation sites (tertiary alicyclic amines) is 1. The minimum absolute atomic E-state index is 0.460. The minimum Gasteiger partial charge on any atom is -0.461 e. The van der Waals surface area contributed by atoms with Crippen LogP contribution in [0.2, 0.25) is 0 Å². The lowest BCUT2D eigenvalue weighted by Gasteiger charge is -2.16.